The fourth-order valence-electron chi connectivity index (χ4n) is 0.224. The van der Waals surface area contributed by atoms with Gasteiger partial charge in [-0.3, -0.25) is 0 Å². The Morgan fingerprint density at radius 2 is 2.17 bits per heavy atom. The van der Waals surface area contributed by atoms with Crippen molar-refractivity contribution >= 4 is 0 Å². The maximum Gasteiger partial charge on any atom is 0.238 e. The van der Waals surface area contributed by atoms with Crippen LogP contribution in [0.5, 0.6) is 0 Å². The minimum atomic E-state index is 0.778. The first kappa shape index (κ1) is 4.09. The molecule has 0 atom stereocenters. The highest BCUT2D eigenvalue weighted by atomic mass is 16.5. The number of rotatable bonds is 3. The van der Waals surface area contributed by atoms with E-state index >= 15 is 0 Å². The summed E-state index contributed by atoms with van der Waals surface area (Å²) in [4.78, 5) is 0. The largest absolute Gasteiger partial charge is 0.314 e. The summed E-state index contributed by atoms with van der Waals surface area (Å²) in [5.74, 6) is 0. The molecule has 0 aromatic rings. The summed E-state index contributed by atoms with van der Waals surface area (Å²) in [5.41, 5.74) is 0. The second-order valence-electron chi connectivity index (χ2n) is 1.11. The molecule has 0 saturated heterocycles. The monoisotopic (exact) mass is 90.1 g/mol. The summed E-state index contributed by atoms with van der Waals surface area (Å²) in [6.07, 6.45) is 0. The van der Waals surface area contributed by atoms with Gasteiger partial charge in [-0.25, -0.2) is 0 Å². The minimum Gasteiger partial charge on any atom is -0.314 e. The predicted molar refractivity (Wildman–Crippen MR) is 24.7 cm³/mol. The lowest BCUT2D eigenvalue weighted by atomic mass is 10.6. The van der Waals surface area contributed by atoms with E-state index in [0.717, 1.165) is 13.1 Å². The number of hydrogen-bond donors (Lipinski definition) is 1. The average Bonchev–Trinajstić information content (AvgIpc) is 1.72. The molecule has 0 radical (unpaired) electrons. The highest BCUT2D eigenvalue weighted by Crippen LogP contribution is 1.73. The van der Waals surface area contributed by atoms with E-state index in [1.54, 1.807) is 5.06 Å². The summed E-state index contributed by atoms with van der Waals surface area (Å²) in [6.45, 7) is 5.44. The topological polar surface area (TPSA) is 23.5 Å². The maximum absolute atomic E-state index is 6.39. The molecular weight excluding hydrogens is 78.0 g/mol. The van der Waals surface area contributed by atoms with Gasteiger partial charge >= 0.3 is 0 Å². The van der Waals surface area contributed by atoms with Gasteiger partial charge in [0.25, 0.3) is 0 Å². The molecule has 0 aromatic heterocycles. The van der Waals surface area contributed by atoms with Crippen molar-refractivity contribution in [3.8, 4) is 0 Å². The van der Waals surface area contributed by atoms with E-state index in [9.17, 15) is 0 Å². The third-order valence-electron chi connectivity index (χ3n) is 0.705. The zero-order valence-corrected chi connectivity index (χ0v) is 4.27. The van der Waals surface area contributed by atoms with E-state index in [-0.39, 0.29) is 0 Å². The first-order valence-corrected chi connectivity index (χ1v) is 2.23. The average molecular weight is 90.1 g/mol. The van der Waals surface area contributed by atoms with Gasteiger partial charge in [0.2, 0.25) is 1.43 Å². The van der Waals surface area contributed by atoms with Gasteiger partial charge in [-0.1, -0.05) is 13.8 Å². The molecule has 0 aliphatic rings. The maximum atomic E-state index is 6.39. The molecule has 0 aromatic carbocycles. The van der Waals surface area contributed by atoms with Crippen molar-refractivity contribution < 1.29 is 6.64 Å². The summed E-state index contributed by atoms with van der Waals surface area (Å²) in [5, 5.41) is 5.67. The Kier molecular flexibility index (Phi) is 2.13. The van der Waals surface area contributed by atoms with Gasteiger partial charge in [0.05, 0.1) is 0 Å². The molecule has 0 bridgehead atoms. The second kappa shape index (κ2) is 3.12. The third-order valence-corrected chi connectivity index (χ3v) is 0.705. The van der Waals surface area contributed by atoms with Crippen LogP contribution in [0.25, 0.3) is 0 Å². The molecule has 38 valence electrons. The fraction of sp³-hybridized carbons (Fsp3) is 1.00. The first-order chi connectivity index (χ1) is 3.35. The Hall–Kier alpha value is -0.0800. The van der Waals surface area contributed by atoms with E-state index in [2.05, 4.69) is 5.21 Å². The van der Waals surface area contributed by atoms with Gasteiger partial charge in [0.1, 0.15) is 0 Å². The third kappa shape index (κ3) is 2.18. The van der Waals surface area contributed by atoms with Crippen molar-refractivity contribution in [2.45, 2.75) is 13.8 Å². The van der Waals surface area contributed by atoms with Gasteiger partial charge in [-0.2, -0.15) is 5.06 Å². The van der Waals surface area contributed by atoms with Gasteiger partial charge < -0.3 is 5.21 Å². The zero-order valence-electron chi connectivity index (χ0n) is 5.27. The summed E-state index contributed by atoms with van der Waals surface area (Å²) >= 11 is 0. The van der Waals surface area contributed by atoms with E-state index < -0.39 is 0 Å². The van der Waals surface area contributed by atoms with Crippen molar-refractivity contribution in [3.63, 3.8) is 0 Å². The molecule has 2 heteroatoms. The van der Waals surface area contributed by atoms with Crippen LogP contribution in [-0.2, 0) is 0 Å². The lowest BCUT2D eigenvalue weighted by Crippen LogP contribution is -2.16. The minimum absolute atomic E-state index is 0.778. The lowest BCUT2D eigenvalue weighted by molar-refractivity contribution is -0.0813. The second-order valence-corrected chi connectivity index (χ2v) is 1.11. The van der Waals surface area contributed by atoms with Crippen LogP contribution in [0.3, 0.4) is 0 Å². The van der Waals surface area contributed by atoms with E-state index in [4.69, 9.17) is 1.43 Å². The van der Waals surface area contributed by atoms with Gasteiger partial charge in [-0.05, 0) is 0 Å². The van der Waals surface area contributed by atoms with Crippen molar-refractivity contribution in [2.75, 3.05) is 13.1 Å². The molecule has 0 rings (SSSR count). The normalized spacial score (nSPS) is 12.2. The molecule has 6 heavy (non-hydrogen) atoms. The highest BCUT2D eigenvalue weighted by molar-refractivity contribution is 4.26. The Bertz CT molecular complexity index is 33.2. The quantitative estimate of drug-likeness (QED) is 0.516. The predicted octanol–water partition coefficient (Wildman–Crippen LogP) is 0.717. The van der Waals surface area contributed by atoms with Crippen LogP contribution in [0, 0.1) is 0 Å². The molecule has 2 nitrogen and oxygen atoms in total. The zero-order chi connectivity index (χ0) is 5.70. The Morgan fingerprint density at radius 3 is 2.17 bits per heavy atom. The number of hydroxylamine groups is 2. The first-order valence-electron chi connectivity index (χ1n) is 2.64. The molecule has 0 heterocycles. The standard InChI is InChI=1S/C4H11NO/c1-3-5(6)4-2/h6H,3-4H2,1-2H3/i6D. The molecule has 0 saturated carbocycles. The van der Waals surface area contributed by atoms with E-state index in [0.29, 0.717) is 0 Å². The number of nitrogens with zero attached hydrogens (tertiary/aromatic N) is 1. The molecule has 1 N–H and O–H groups in total. The lowest BCUT2D eigenvalue weighted by Gasteiger charge is -2.05. The van der Waals surface area contributed by atoms with E-state index in [1.807, 2.05) is 13.8 Å². The van der Waals surface area contributed by atoms with Crippen LogP contribution in [-0.4, -0.2) is 23.4 Å². The van der Waals surface area contributed by atoms with Gasteiger partial charge in [0.15, 0.2) is 0 Å². The number of hydrogen-bond acceptors (Lipinski definition) is 2. The Labute approximate surface area is 39.8 Å². The van der Waals surface area contributed by atoms with Crippen molar-refractivity contribution in [3.05, 3.63) is 0 Å². The highest BCUT2D eigenvalue weighted by Gasteiger charge is 1.84. The molecular formula is C4H11NO. The van der Waals surface area contributed by atoms with Crippen LogP contribution < -0.4 is 0 Å². The summed E-state index contributed by atoms with van der Waals surface area (Å²) in [6, 6.07) is 0. The summed E-state index contributed by atoms with van der Waals surface area (Å²) < 4.78 is 6.39. The van der Waals surface area contributed by atoms with Crippen LogP contribution in [0.15, 0.2) is 0 Å². The van der Waals surface area contributed by atoms with Gasteiger partial charge in [0, 0.05) is 13.1 Å². The Morgan fingerprint density at radius 1 is 1.67 bits per heavy atom. The fourth-order valence-corrected chi connectivity index (χ4v) is 0.224. The SMILES string of the molecule is [2H]ON(CC)CC. The van der Waals surface area contributed by atoms with Crippen LogP contribution in [0.2, 0.25) is 1.43 Å². The van der Waals surface area contributed by atoms with Crippen LogP contribution >= 0.6 is 0 Å². The van der Waals surface area contributed by atoms with Gasteiger partial charge in [-0.15, -0.1) is 0 Å². The van der Waals surface area contributed by atoms with Crippen LogP contribution in [0.1, 0.15) is 13.8 Å². The molecule has 0 unspecified atom stereocenters. The van der Waals surface area contributed by atoms with Crippen molar-refractivity contribution in [1.29, 1.82) is 0 Å². The molecule has 0 spiro atoms. The van der Waals surface area contributed by atoms with Crippen molar-refractivity contribution in [2.24, 2.45) is 0 Å². The van der Waals surface area contributed by atoms with Crippen LogP contribution in [0.4, 0.5) is 0 Å². The van der Waals surface area contributed by atoms with E-state index in [1.165, 1.54) is 0 Å². The molecule has 0 aliphatic carbocycles. The molecule has 0 aliphatic heterocycles. The molecule has 0 amide bonds. The summed E-state index contributed by atoms with van der Waals surface area (Å²) in [7, 11) is 0. The van der Waals surface area contributed by atoms with Crippen molar-refractivity contribution in [1.82, 2.24) is 5.06 Å². The Balaban J connectivity index is 2.99. The molecule has 0 fully saturated rings. The smallest absolute Gasteiger partial charge is 0.238 e.